The molecule has 0 radical (unpaired) electrons. The lowest BCUT2D eigenvalue weighted by Crippen LogP contribution is -2.39. The number of nitrogens with one attached hydrogen (secondary N) is 1. The molecule has 0 fully saturated rings. The minimum Gasteiger partial charge on any atom is -0.493 e. The van der Waals surface area contributed by atoms with E-state index in [4.69, 9.17) is 8.92 Å². The van der Waals surface area contributed by atoms with Crippen molar-refractivity contribution in [3.05, 3.63) is 53.1 Å². The van der Waals surface area contributed by atoms with Gasteiger partial charge in [0.2, 0.25) is 0 Å². The highest BCUT2D eigenvalue weighted by Gasteiger charge is 2.19. The molecule has 2 aromatic carbocycles. The third kappa shape index (κ3) is 6.39. The fourth-order valence-corrected chi connectivity index (χ4v) is 3.20. The van der Waals surface area contributed by atoms with E-state index in [9.17, 15) is 13.2 Å². The molecule has 8 heteroatoms. The standard InChI is InChI=1S/C21H28N2O5S/c1-14(2)23(21(24)22-18-9-7-15(3)16(4)11-18)13-17-8-10-19(27-5)20(12-17)28-29(6,25)26/h7-12,14H,13H2,1-6H3,(H,22,24). The molecule has 0 aliphatic carbocycles. The van der Waals surface area contributed by atoms with Crippen molar-refractivity contribution < 1.29 is 22.1 Å². The zero-order chi connectivity index (χ0) is 21.8. The molecule has 2 amide bonds. The molecule has 7 nitrogen and oxygen atoms in total. The fourth-order valence-electron chi connectivity index (χ4n) is 2.75. The van der Waals surface area contributed by atoms with Crippen LogP contribution in [-0.4, -0.2) is 38.8 Å². The molecule has 29 heavy (non-hydrogen) atoms. The second-order valence-electron chi connectivity index (χ2n) is 7.22. The first-order valence-electron chi connectivity index (χ1n) is 9.21. The Morgan fingerprint density at radius 1 is 1.07 bits per heavy atom. The second kappa shape index (κ2) is 9.17. The van der Waals surface area contributed by atoms with Gasteiger partial charge in [-0.1, -0.05) is 12.1 Å². The maximum Gasteiger partial charge on any atom is 0.322 e. The number of carbonyl (C=O) groups excluding carboxylic acids is 1. The van der Waals surface area contributed by atoms with Gasteiger partial charge >= 0.3 is 16.1 Å². The van der Waals surface area contributed by atoms with Crippen LogP contribution in [0.25, 0.3) is 0 Å². The van der Waals surface area contributed by atoms with Crippen molar-refractivity contribution in [2.24, 2.45) is 0 Å². The maximum absolute atomic E-state index is 12.9. The Kier molecular flexibility index (Phi) is 7.13. The molecule has 0 aromatic heterocycles. The van der Waals surface area contributed by atoms with Crippen LogP contribution in [0.3, 0.4) is 0 Å². The number of amides is 2. The Morgan fingerprint density at radius 3 is 2.31 bits per heavy atom. The van der Waals surface area contributed by atoms with Crippen molar-refractivity contribution in [3.63, 3.8) is 0 Å². The molecule has 158 valence electrons. The largest absolute Gasteiger partial charge is 0.493 e. The summed E-state index contributed by atoms with van der Waals surface area (Å²) in [6, 6.07) is 10.4. The van der Waals surface area contributed by atoms with E-state index < -0.39 is 10.1 Å². The maximum atomic E-state index is 12.9. The summed E-state index contributed by atoms with van der Waals surface area (Å²) in [5, 5.41) is 2.92. The highest BCUT2D eigenvalue weighted by molar-refractivity contribution is 7.86. The lowest BCUT2D eigenvalue weighted by Gasteiger charge is -2.27. The summed E-state index contributed by atoms with van der Waals surface area (Å²) < 4.78 is 33.2. The summed E-state index contributed by atoms with van der Waals surface area (Å²) in [6.45, 7) is 8.11. The summed E-state index contributed by atoms with van der Waals surface area (Å²) in [5.41, 5.74) is 3.69. The lowest BCUT2D eigenvalue weighted by atomic mass is 10.1. The number of methoxy groups -OCH3 is 1. The third-order valence-electron chi connectivity index (χ3n) is 4.46. The van der Waals surface area contributed by atoms with Gasteiger partial charge in [-0.15, -0.1) is 0 Å². The molecule has 0 spiro atoms. The topological polar surface area (TPSA) is 84.9 Å². The van der Waals surface area contributed by atoms with Crippen molar-refractivity contribution in [1.29, 1.82) is 0 Å². The molecular weight excluding hydrogens is 392 g/mol. The zero-order valence-electron chi connectivity index (χ0n) is 17.6. The van der Waals surface area contributed by atoms with Gasteiger partial charge in [0.15, 0.2) is 11.5 Å². The van der Waals surface area contributed by atoms with Crippen LogP contribution in [0.2, 0.25) is 0 Å². The quantitative estimate of drug-likeness (QED) is 0.682. The lowest BCUT2D eigenvalue weighted by molar-refractivity contribution is 0.193. The van der Waals surface area contributed by atoms with Crippen molar-refractivity contribution in [3.8, 4) is 11.5 Å². The van der Waals surface area contributed by atoms with Gasteiger partial charge in [-0.2, -0.15) is 8.42 Å². The number of urea groups is 1. The molecule has 0 aliphatic heterocycles. The van der Waals surface area contributed by atoms with Crippen molar-refractivity contribution in [2.75, 3.05) is 18.7 Å². The molecule has 1 N–H and O–H groups in total. The van der Waals surface area contributed by atoms with Gasteiger partial charge in [-0.25, -0.2) is 4.79 Å². The molecule has 0 atom stereocenters. The first kappa shape index (κ1) is 22.5. The van der Waals surface area contributed by atoms with E-state index in [-0.39, 0.29) is 24.4 Å². The van der Waals surface area contributed by atoms with E-state index in [0.717, 1.165) is 23.1 Å². The van der Waals surface area contributed by atoms with Crippen LogP contribution < -0.4 is 14.2 Å². The Bertz CT molecular complexity index is 987. The molecule has 0 aliphatic rings. The first-order valence-corrected chi connectivity index (χ1v) is 11.0. The number of hydrogen-bond acceptors (Lipinski definition) is 5. The molecule has 0 saturated heterocycles. The van der Waals surface area contributed by atoms with Crippen molar-refractivity contribution >= 4 is 21.8 Å². The van der Waals surface area contributed by atoms with E-state index in [1.165, 1.54) is 7.11 Å². The number of hydrogen-bond donors (Lipinski definition) is 1. The first-order chi connectivity index (χ1) is 13.5. The predicted octanol–water partition coefficient (Wildman–Crippen LogP) is 4.09. The number of rotatable bonds is 7. The molecule has 0 saturated carbocycles. The third-order valence-corrected chi connectivity index (χ3v) is 4.95. The molecular formula is C21H28N2O5S. The molecule has 0 unspecified atom stereocenters. The van der Waals surface area contributed by atoms with Gasteiger partial charge in [0.25, 0.3) is 0 Å². The smallest absolute Gasteiger partial charge is 0.322 e. The predicted molar refractivity (Wildman–Crippen MR) is 114 cm³/mol. The normalized spacial score (nSPS) is 11.3. The van der Waals surface area contributed by atoms with Crippen LogP contribution >= 0.6 is 0 Å². The Balaban J connectivity index is 2.24. The van der Waals surface area contributed by atoms with E-state index >= 15 is 0 Å². The fraction of sp³-hybridized carbons (Fsp3) is 0.381. The summed E-state index contributed by atoms with van der Waals surface area (Å²) in [7, 11) is -2.28. The number of benzene rings is 2. The second-order valence-corrected chi connectivity index (χ2v) is 8.80. The average molecular weight is 421 g/mol. The van der Waals surface area contributed by atoms with E-state index in [2.05, 4.69) is 5.32 Å². The van der Waals surface area contributed by atoms with Crippen LogP contribution in [0.1, 0.15) is 30.5 Å². The summed E-state index contributed by atoms with van der Waals surface area (Å²) in [4.78, 5) is 14.5. The highest BCUT2D eigenvalue weighted by Crippen LogP contribution is 2.30. The average Bonchev–Trinajstić information content (AvgIpc) is 2.61. The molecule has 2 aromatic rings. The molecule has 2 rings (SSSR count). The summed E-state index contributed by atoms with van der Waals surface area (Å²) >= 11 is 0. The molecule has 0 bridgehead atoms. The van der Waals surface area contributed by atoms with Gasteiger partial charge < -0.3 is 19.1 Å². The van der Waals surface area contributed by atoms with Crippen LogP contribution in [0.5, 0.6) is 11.5 Å². The van der Waals surface area contributed by atoms with Crippen LogP contribution in [0.4, 0.5) is 10.5 Å². The van der Waals surface area contributed by atoms with Gasteiger partial charge in [0.05, 0.1) is 13.4 Å². The van der Waals surface area contributed by atoms with Crippen LogP contribution in [0.15, 0.2) is 36.4 Å². The van der Waals surface area contributed by atoms with E-state index in [1.807, 2.05) is 45.9 Å². The monoisotopic (exact) mass is 420 g/mol. The summed E-state index contributed by atoms with van der Waals surface area (Å²) in [5.74, 6) is 0.389. The highest BCUT2D eigenvalue weighted by atomic mass is 32.2. The molecule has 0 heterocycles. The summed E-state index contributed by atoms with van der Waals surface area (Å²) in [6.07, 6.45) is 0.969. The number of ether oxygens (including phenoxy) is 1. The zero-order valence-corrected chi connectivity index (χ0v) is 18.5. The minimum absolute atomic E-state index is 0.0806. The van der Waals surface area contributed by atoms with E-state index in [0.29, 0.717) is 11.3 Å². The minimum atomic E-state index is -3.71. The number of carbonyl (C=O) groups is 1. The van der Waals surface area contributed by atoms with Crippen molar-refractivity contribution in [1.82, 2.24) is 4.90 Å². The number of anilines is 1. The Hall–Kier alpha value is -2.74. The SMILES string of the molecule is COc1ccc(CN(C(=O)Nc2ccc(C)c(C)c2)C(C)C)cc1OS(C)(=O)=O. The van der Waals surface area contributed by atoms with Gasteiger partial charge in [-0.05, 0) is 68.7 Å². The van der Waals surface area contributed by atoms with Gasteiger partial charge in [0.1, 0.15) is 0 Å². The van der Waals surface area contributed by atoms with E-state index in [1.54, 1.807) is 23.1 Å². The van der Waals surface area contributed by atoms with Crippen LogP contribution in [-0.2, 0) is 16.7 Å². The van der Waals surface area contributed by atoms with Crippen LogP contribution in [0, 0.1) is 13.8 Å². The Labute approximate surface area is 172 Å². The van der Waals surface area contributed by atoms with Gasteiger partial charge in [-0.3, -0.25) is 0 Å². The number of nitrogens with zero attached hydrogens (tertiary/aromatic N) is 1. The Morgan fingerprint density at radius 2 is 1.76 bits per heavy atom. The van der Waals surface area contributed by atoms with Gasteiger partial charge in [0, 0.05) is 18.3 Å². The number of aryl methyl sites for hydroxylation is 2. The van der Waals surface area contributed by atoms with Crippen molar-refractivity contribution in [2.45, 2.75) is 40.3 Å².